The molecule has 0 unspecified atom stereocenters. The quantitative estimate of drug-likeness (QED) is 0.829. The molecule has 3 rings (SSSR count). The molecule has 3 heterocycles. The minimum absolute atomic E-state index is 0.0561. The molecule has 23 heavy (non-hydrogen) atoms. The summed E-state index contributed by atoms with van der Waals surface area (Å²) in [6.07, 6.45) is -2.30. The van der Waals surface area contributed by atoms with Crippen LogP contribution in [0.5, 0.6) is 0 Å². The van der Waals surface area contributed by atoms with Gasteiger partial charge >= 0.3 is 6.18 Å². The van der Waals surface area contributed by atoms with Crippen LogP contribution in [0, 0.1) is 5.92 Å². The molecule has 0 radical (unpaired) electrons. The number of hydrogen-bond acceptors (Lipinski definition) is 4. The molecule has 6 nitrogen and oxygen atoms in total. The highest BCUT2D eigenvalue weighted by Gasteiger charge is 2.41. The van der Waals surface area contributed by atoms with E-state index >= 15 is 0 Å². The molecule has 2 aliphatic rings. The standard InChI is InChI=1S/C14H19F3N4O2/c1-2-10-9(4-3-7-23-10)12(22)20-5-6-21-11(8-20)18-19-13(21)14(15,16)17/h9-10H,2-8H2,1H3/t9-,10+/m0/s1. The summed E-state index contributed by atoms with van der Waals surface area (Å²) in [5.74, 6) is -1.08. The lowest BCUT2D eigenvalue weighted by Gasteiger charge is -2.36. The molecule has 9 heteroatoms. The molecule has 0 aromatic carbocycles. The van der Waals surface area contributed by atoms with E-state index in [2.05, 4.69) is 10.2 Å². The van der Waals surface area contributed by atoms with Gasteiger partial charge in [-0.2, -0.15) is 13.2 Å². The Labute approximate surface area is 131 Å². The van der Waals surface area contributed by atoms with Crippen molar-refractivity contribution in [3.05, 3.63) is 11.6 Å². The first-order valence-corrected chi connectivity index (χ1v) is 7.81. The van der Waals surface area contributed by atoms with Crippen LogP contribution in [0.2, 0.25) is 0 Å². The summed E-state index contributed by atoms with van der Waals surface area (Å²) >= 11 is 0. The van der Waals surface area contributed by atoms with Crippen molar-refractivity contribution in [1.29, 1.82) is 0 Å². The summed E-state index contributed by atoms with van der Waals surface area (Å²) in [4.78, 5) is 14.3. The van der Waals surface area contributed by atoms with Crippen LogP contribution in [0.15, 0.2) is 0 Å². The third-order valence-electron chi connectivity index (χ3n) is 4.48. The molecule has 0 aliphatic carbocycles. The number of fused-ring (bicyclic) bond motifs is 1. The van der Waals surface area contributed by atoms with Crippen LogP contribution < -0.4 is 0 Å². The normalized spacial score (nSPS) is 25.3. The third kappa shape index (κ3) is 3.06. The number of amides is 1. The molecule has 0 bridgehead atoms. The Morgan fingerprint density at radius 3 is 2.83 bits per heavy atom. The Morgan fingerprint density at radius 2 is 2.13 bits per heavy atom. The van der Waals surface area contributed by atoms with Crippen molar-refractivity contribution >= 4 is 5.91 Å². The molecular weight excluding hydrogens is 313 g/mol. The maximum Gasteiger partial charge on any atom is 0.451 e. The Hall–Kier alpha value is -1.64. The van der Waals surface area contributed by atoms with Gasteiger partial charge in [0.1, 0.15) is 0 Å². The number of carbonyl (C=O) groups excluding carboxylic acids is 1. The highest BCUT2D eigenvalue weighted by molar-refractivity contribution is 5.79. The fraction of sp³-hybridized carbons (Fsp3) is 0.786. The second kappa shape index (κ2) is 6.10. The van der Waals surface area contributed by atoms with E-state index in [1.807, 2.05) is 6.92 Å². The van der Waals surface area contributed by atoms with Gasteiger partial charge in [-0.05, 0) is 19.3 Å². The predicted molar refractivity (Wildman–Crippen MR) is 73.2 cm³/mol. The fourth-order valence-electron chi connectivity index (χ4n) is 3.31. The minimum Gasteiger partial charge on any atom is -0.377 e. The van der Waals surface area contributed by atoms with Crippen molar-refractivity contribution in [2.75, 3.05) is 13.2 Å². The van der Waals surface area contributed by atoms with Crippen molar-refractivity contribution in [3.8, 4) is 0 Å². The molecule has 2 aliphatic heterocycles. The van der Waals surface area contributed by atoms with Gasteiger partial charge in [0.05, 0.1) is 18.6 Å². The number of ether oxygens (including phenoxy) is 1. The summed E-state index contributed by atoms with van der Waals surface area (Å²) < 4.78 is 45.2. The highest BCUT2D eigenvalue weighted by atomic mass is 19.4. The van der Waals surface area contributed by atoms with Crippen LogP contribution in [0.4, 0.5) is 13.2 Å². The molecule has 1 amide bonds. The first kappa shape index (κ1) is 16.2. The lowest BCUT2D eigenvalue weighted by atomic mass is 9.91. The van der Waals surface area contributed by atoms with Gasteiger partial charge in [-0.3, -0.25) is 4.79 Å². The average molecular weight is 332 g/mol. The topological polar surface area (TPSA) is 60.2 Å². The number of carbonyl (C=O) groups is 1. The second-order valence-electron chi connectivity index (χ2n) is 5.92. The molecule has 1 fully saturated rings. The molecular formula is C14H19F3N4O2. The van der Waals surface area contributed by atoms with E-state index in [4.69, 9.17) is 4.74 Å². The maximum atomic E-state index is 12.8. The summed E-state index contributed by atoms with van der Waals surface area (Å²) in [7, 11) is 0. The molecule has 0 spiro atoms. The monoisotopic (exact) mass is 332 g/mol. The Morgan fingerprint density at radius 1 is 1.35 bits per heavy atom. The number of aromatic nitrogens is 3. The zero-order valence-corrected chi connectivity index (χ0v) is 12.8. The lowest BCUT2D eigenvalue weighted by molar-refractivity contribution is -0.149. The van der Waals surface area contributed by atoms with Gasteiger partial charge in [-0.25, -0.2) is 0 Å². The fourth-order valence-corrected chi connectivity index (χ4v) is 3.31. The molecule has 2 atom stereocenters. The minimum atomic E-state index is -4.53. The first-order valence-electron chi connectivity index (χ1n) is 7.81. The van der Waals surface area contributed by atoms with Crippen LogP contribution >= 0.6 is 0 Å². The number of halogens is 3. The van der Waals surface area contributed by atoms with Crippen LogP contribution in [0.1, 0.15) is 37.8 Å². The van der Waals surface area contributed by atoms with Crippen molar-refractivity contribution in [2.45, 2.75) is 51.6 Å². The zero-order valence-electron chi connectivity index (χ0n) is 12.8. The van der Waals surface area contributed by atoms with E-state index in [1.54, 1.807) is 4.90 Å². The van der Waals surface area contributed by atoms with Crippen molar-refractivity contribution in [2.24, 2.45) is 5.92 Å². The zero-order chi connectivity index (χ0) is 16.6. The van der Waals surface area contributed by atoms with Gasteiger partial charge in [-0.1, -0.05) is 6.92 Å². The highest BCUT2D eigenvalue weighted by Crippen LogP contribution is 2.31. The Bertz CT molecular complexity index is 587. The largest absolute Gasteiger partial charge is 0.451 e. The van der Waals surface area contributed by atoms with E-state index < -0.39 is 12.0 Å². The van der Waals surface area contributed by atoms with Crippen molar-refractivity contribution in [3.63, 3.8) is 0 Å². The summed E-state index contributed by atoms with van der Waals surface area (Å²) in [6.45, 7) is 2.99. The number of hydrogen-bond donors (Lipinski definition) is 0. The van der Waals surface area contributed by atoms with E-state index in [0.29, 0.717) is 6.61 Å². The van der Waals surface area contributed by atoms with Crippen LogP contribution in [-0.2, 0) is 28.8 Å². The van der Waals surface area contributed by atoms with Gasteiger partial charge < -0.3 is 14.2 Å². The molecule has 0 N–H and O–H groups in total. The Balaban J connectivity index is 1.74. The van der Waals surface area contributed by atoms with Crippen LogP contribution in [-0.4, -0.2) is 44.8 Å². The van der Waals surface area contributed by atoms with Gasteiger partial charge in [-0.15, -0.1) is 10.2 Å². The van der Waals surface area contributed by atoms with Crippen molar-refractivity contribution < 1.29 is 22.7 Å². The number of rotatable bonds is 2. The lowest BCUT2D eigenvalue weighted by Crippen LogP contribution is -2.46. The summed E-state index contributed by atoms with van der Waals surface area (Å²) in [5, 5.41) is 6.84. The second-order valence-corrected chi connectivity index (χ2v) is 5.92. The molecule has 0 saturated carbocycles. The van der Waals surface area contributed by atoms with Gasteiger partial charge in [0.15, 0.2) is 5.82 Å². The first-order chi connectivity index (χ1) is 10.9. The SMILES string of the molecule is CC[C@H]1OCCC[C@@H]1C(=O)N1CCn2c(nnc2C(F)(F)F)C1. The smallest absolute Gasteiger partial charge is 0.377 e. The van der Waals surface area contributed by atoms with E-state index in [0.717, 1.165) is 23.8 Å². The van der Waals surface area contributed by atoms with E-state index in [-0.39, 0.29) is 43.4 Å². The van der Waals surface area contributed by atoms with Crippen molar-refractivity contribution in [1.82, 2.24) is 19.7 Å². The summed E-state index contributed by atoms with van der Waals surface area (Å²) in [6, 6.07) is 0. The number of nitrogens with zero attached hydrogens (tertiary/aromatic N) is 4. The molecule has 128 valence electrons. The van der Waals surface area contributed by atoms with Gasteiger partial charge in [0, 0.05) is 19.7 Å². The predicted octanol–water partition coefficient (Wildman–Crippen LogP) is 1.84. The average Bonchev–Trinajstić information content (AvgIpc) is 2.97. The van der Waals surface area contributed by atoms with Crippen LogP contribution in [0.3, 0.4) is 0 Å². The number of alkyl halides is 3. The van der Waals surface area contributed by atoms with E-state index in [9.17, 15) is 18.0 Å². The molecule has 1 aromatic rings. The third-order valence-corrected chi connectivity index (χ3v) is 4.48. The van der Waals surface area contributed by atoms with E-state index in [1.165, 1.54) is 0 Å². The Kier molecular flexibility index (Phi) is 4.31. The molecule has 1 aromatic heterocycles. The maximum absolute atomic E-state index is 12.8. The molecule has 1 saturated heterocycles. The summed E-state index contributed by atoms with van der Waals surface area (Å²) in [5.41, 5.74) is 0. The van der Waals surface area contributed by atoms with Gasteiger partial charge in [0.2, 0.25) is 11.7 Å². The van der Waals surface area contributed by atoms with Crippen LogP contribution in [0.25, 0.3) is 0 Å². The van der Waals surface area contributed by atoms with Gasteiger partial charge in [0.25, 0.3) is 0 Å².